The monoisotopic (exact) mass is 350 g/mol. The minimum absolute atomic E-state index is 0.341. The van der Waals surface area contributed by atoms with E-state index in [2.05, 4.69) is 29.0 Å². The summed E-state index contributed by atoms with van der Waals surface area (Å²) in [5.41, 5.74) is 1.99. The van der Waals surface area contributed by atoms with E-state index in [0.717, 1.165) is 37.1 Å². The molecular weight excluding hydrogens is 328 g/mol. The van der Waals surface area contributed by atoms with Crippen LogP contribution in [0, 0.1) is 0 Å². The number of carbonyl (C=O) groups excluding carboxylic acids is 1. The molecule has 1 aliphatic rings. The highest BCUT2D eigenvalue weighted by molar-refractivity contribution is 6.36. The van der Waals surface area contributed by atoms with Crippen LogP contribution in [-0.2, 0) is 11.3 Å². The highest BCUT2D eigenvalue weighted by Gasteiger charge is 2.28. The molecule has 1 unspecified atom stereocenters. The molecule has 6 nitrogen and oxygen atoms in total. The summed E-state index contributed by atoms with van der Waals surface area (Å²) in [5.74, 6) is -0.453. The van der Waals surface area contributed by atoms with Gasteiger partial charge in [0.1, 0.15) is 11.1 Å². The third-order valence-corrected chi connectivity index (χ3v) is 5.02. The van der Waals surface area contributed by atoms with Gasteiger partial charge in [-0.3, -0.25) is 4.68 Å². The van der Waals surface area contributed by atoms with Crippen LogP contribution in [0.2, 0.25) is 5.02 Å². The van der Waals surface area contributed by atoms with Gasteiger partial charge in [0.25, 0.3) is 0 Å². The molecule has 24 heavy (non-hydrogen) atoms. The van der Waals surface area contributed by atoms with Crippen molar-refractivity contribution in [3.63, 3.8) is 0 Å². The second kappa shape index (κ2) is 6.61. The molecular formula is C17H23ClN4O2. The summed E-state index contributed by atoms with van der Waals surface area (Å²) in [6.45, 7) is 4.64. The van der Waals surface area contributed by atoms with Crippen LogP contribution in [0.1, 0.15) is 23.7 Å². The second-order valence-corrected chi connectivity index (χ2v) is 6.75. The summed E-state index contributed by atoms with van der Waals surface area (Å²) in [6.07, 6.45) is 3.09. The normalized spacial score (nSPS) is 17.9. The first-order chi connectivity index (χ1) is 11.5. The summed E-state index contributed by atoms with van der Waals surface area (Å²) >= 11 is 6.42. The van der Waals surface area contributed by atoms with Crippen LogP contribution in [-0.4, -0.2) is 61.0 Å². The van der Waals surface area contributed by atoms with Gasteiger partial charge in [-0.2, -0.15) is 5.10 Å². The van der Waals surface area contributed by atoms with Gasteiger partial charge in [0.05, 0.1) is 12.1 Å². The Hall–Kier alpha value is -1.79. The Morgan fingerprint density at radius 1 is 1.50 bits per heavy atom. The minimum atomic E-state index is -0.453. The molecule has 1 fully saturated rings. The Bertz CT molecular complexity index is 772. The fraction of sp³-hybridized carbons (Fsp3) is 0.529. The molecule has 0 saturated carbocycles. The first-order valence-corrected chi connectivity index (χ1v) is 8.53. The molecule has 1 atom stereocenters. The van der Waals surface area contributed by atoms with Crippen molar-refractivity contribution in [2.75, 3.05) is 39.2 Å². The lowest BCUT2D eigenvalue weighted by Gasteiger charge is -2.23. The van der Waals surface area contributed by atoms with Crippen molar-refractivity contribution in [1.82, 2.24) is 14.7 Å². The zero-order valence-electron chi connectivity index (χ0n) is 14.5. The number of halogens is 1. The van der Waals surface area contributed by atoms with Crippen LogP contribution in [0.25, 0.3) is 10.9 Å². The first kappa shape index (κ1) is 17.0. The van der Waals surface area contributed by atoms with Gasteiger partial charge in [-0.15, -0.1) is 0 Å². The molecule has 0 N–H and O–H groups in total. The molecule has 2 aromatic rings. The number of fused-ring (bicyclic) bond motifs is 1. The highest BCUT2D eigenvalue weighted by Crippen LogP contribution is 2.36. The van der Waals surface area contributed by atoms with Gasteiger partial charge < -0.3 is 14.5 Å². The number of ether oxygens (including phenoxy) is 1. The third kappa shape index (κ3) is 2.84. The van der Waals surface area contributed by atoms with Crippen molar-refractivity contribution in [2.45, 2.75) is 25.9 Å². The number of rotatable bonds is 4. The quantitative estimate of drug-likeness (QED) is 0.793. The van der Waals surface area contributed by atoms with Crippen LogP contribution in [0.5, 0.6) is 0 Å². The van der Waals surface area contributed by atoms with Crippen LogP contribution in [0.15, 0.2) is 12.3 Å². The summed E-state index contributed by atoms with van der Waals surface area (Å²) in [6, 6.07) is 2.39. The number of nitrogens with zero attached hydrogens (tertiary/aromatic N) is 4. The van der Waals surface area contributed by atoms with Crippen LogP contribution in [0.3, 0.4) is 0 Å². The lowest BCUT2D eigenvalue weighted by Crippen LogP contribution is -2.31. The van der Waals surface area contributed by atoms with Crippen molar-refractivity contribution in [1.29, 1.82) is 0 Å². The average Bonchev–Trinajstić information content (AvgIpc) is 3.20. The molecule has 7 heteroatoms. The molecule has 3 rings (SSSR count). The summed E-state index contributed by atoms with van der Waals surface area (Å²) in [7, 11) is 5.57. The summed E-state index contributed by atoms with van der Waals surface area (Å²) in [4.78, 5) is 16.7. The molecule has 1 aliphatic heterocycles. The summed E-state index contributed by atoms with van der Waals surface area (Å²) < 4.78 is 6.72. The van der Waals surface area contributed by atoms with Gasteiger partial charge >= 0.3 is 5.97 Å². The number of benzene rings is 1. The van der Waals surface area contributed by atoms with Gasteiger partial charge in [-0.25, -0.2) is 4.79 Å². The third-order valence-electron chi connectivity index (χ3n) is 4.72. The lowest BCUT2D eigenvalue weighted by molar-refractivity contribution is 0.0603. The van der Waals surface area contributed by atoms with Gasteiger partial charge in [0.2, 0.25) is 0 Å². The van der Waals surface area contributed by atoms with E-state index in [1.807, 2.05) is 23.9 Å². The van der Waals surface area contributed by atoms with Crippen molar-refractivity contribution in [3.8, 4) is 0 Å². The maximum absolute atomic E-state index is 12.1. The fourth-order valence-corrected chi connectivity index (χ4v) is 3.55. The van der Waals surface area contributed by atoms with Crippen molar-refractivity contribution in [2.24, 2.45) is 0 Å². The molecule has 2 heterocycles. The predicted molar refractivity (Wildman–Crippen MR) is 96.1 cm³/mol. The van der Waals surface area contributed by atoms with Crippen molar-refractivity contribution < 1.29 is 9.53 Å². The number of hydrogen-bond donors (Lipinski definition) is 0. The van der Waals surface area contributed by atoms with E-state index < -0.39 is 5.97 Å². The number of hydrogen-bond acceptors (Lipinski definition) is 5. The van der Waals surface area contributed by atoms with Crippen LogP contribution >= 0.6 is 11.6 Å². The molecule has 0 aliphatic carbocycles. The fourth-order valence-electron chi connectivity index (χ4n) is 3.28. The van der Waals surface area contributed by atoms with Gasteiger partial charge in [-0.1, -0.05) is 11.6 Å². The number of aromatic nitrogens is 2. The molecule has 1 saturated heterocycles. The van der Waals surface area contributed by atoms with E-state index in [1.165, 1.54) is 7.11 Å². The molecule has 0 amide bonds. The zero-order chi connectivity index (χ0) is 17.4. The molecule has 1 aromatic carbocycles. The number of aryl methyl sites for hydroxylation is 1. The Kier molecular flexibility index (Phi) is 4.69. The maximum atomic E-state index is 12.1. The lowest BCUT2D eigenvalue weighted by atomic mass is 10.1. The Morgan fingerprint density at radius 2 is 2.25 bits per heavy atom. The molecule has 1 aromatic heterocycles. The zero-order valence-corrected chi connectivity index (χ0v) is 15.3. The molecule has 0 radical (unpaired) electrons. The number of methoxy groups -OCH3 is 1. The number of esters is 1. The van der Waals surface area contributed by atoms with Gasteiger partial charge in [-0.05, 0) is 33.5 Å². The number of anilines is 1. The molecule has 130 valence electrons. The minimum Gasteiger partial charge on any atom is -0.465 e. The Morgan fingerprint density at radius 3 is 2.83 bits per heavy atom. The average molecular weight is 351 g/mol. The Labute approximate surface area is 146 Å². The molecule has 0 spiro atoms. The second-order valence-electron chi connectivity index (χ2n) is 6.34. The number of likely N-dealkylation sites (N-methyl/N-ethyl adjacent to an activating group) is 1. The smallest absolute Gasteiger partial charge is 0.341 e. The van der Waals surface area contributed by atoms with E-state index in [-0.39, 0.29) is 0 Å². The topological polar surface area (TPSA) is 50.6 Å². The van der Waals surface area contributed by atoms with Crippen molar-refractivity contribution >= 4 is 34.2 Å². The predicted octanol–water partition coefficient (Wildman–Crippen LogP) is 2.64. The molecule has 0 bridgehead atoms. The standard InChI is InChI=1S/C17H23ClN4O2/c1-5-22-10-12-14(21-7-6-11(9-21)20(2)3)8-13(18)15(16(12)19-22)17(23)24-4/h8,10-11H,5-7,9H2,1-4H3. The van der Waals surface area contributed by atoms with Crippen molar-refractivity contribution in [3.05, 3.63) is 22.8 Å². The Balaban J connectivity index is 2.12. The van der Waals surface area contributed by atoms with Crippen LogP contribution < -0.4 is 4.90 Å². The van der Waals surface area contributed by atoms with E-state index in [9.17, 15) is 4.79 Å². The van der Waals surface area contributed by atoms with E-state index in [1.54, 1.807) is 0 Å². The van der Waals surface area contributed by atoms with E-state index in [4.69, 9.17) is 16.3 Å². The number of carbonyl (C=O) groups is 1. The maximum Gasteiger partial charge on any atom is 0.341 e. The largest absolute Gasteiger partial charge is 0.465 e. The summed E-state index contributed by atoms with van der Waals surface area (Å²) in [5, 5.41) is 5.87. The van der Waals surface area contributed by atoms with E-state index >= 15 is 0 Å². The highest BCUT2D eigenvalue weighted by atomic mass is 35.5. The first-order valence-electron chi connectivity index (χ1n) is 8.15. The van der Waals surface area contributed by atoms with Gasteiger partial charge in [0, 0.05) is 42.9 Å². The SMILES string of the molecule is CCn1cc2c(N3CCC(N(C)C)C3)cc(Cl)c(C(=O)OC)c2n1. The van der Waals surface area contributed by atoms with Gasteiger partial charge in [0.15, 0.2) is 0 Å². The van der Waals surface area contributed by atoms with Crippen LogP contribution in [0.4, 0.5) is 5.69 Å². The van der Waals surface area contributed by atoms with E-state index in [0.29, 0.717) is 22.1 Å².